The molecule has 3 aromatic carbocycles. The Hall–Kier alpha value is -4.41. The third kappa shape index (κ3) is 8.83. The number of morpholine rings is 1. The summed E-state index contributed by atoms with van der Waals surface area (Å²) >= 11 is 0. The van der Waals surface area contributed by atoms with Crippen LogP contribution in [0.3, 0.4) is 0 Å². The minimum Gasteiger partial charge on any atom is -0.453 e. The average molecular weight is 615 g/mol. The zero-order valence-corrected chi connectivity index (χ0v) is 25.8. The lowest BCUT2D eigenvalue weighted by Crippen LogP contribution is -2.49. The average Bonchev–Trinajstić information content (AvgIpc) is 3.93. The Morgan fingerprint density at radius 3 is 2.20 bits per heavy atom. The van der Waals surface area contributed by atoms with Gasteiger partial charge in [0.1, 0.15) is 12.6 Å². The van der Waals surface area contributed by atoms with Gasteiger partial charge in [-0.2, -0.15) is 0 Å². The number of carbonyl (C=O) groups is 3. The smallest absolute Gasteiger partial charge is 0.409 e. The van der Waals surface area contributed by atoms with Crippen LogP contribution in [-0.2, 0) is 25.4 Å². The van der Waals surface area contributed by atoms with E-state index in [1.54, 1.807) is 11.9 Å². The highest BCUT2D eigenvalue weighted by atomic mass is 16.6. The first-order valence-corrected chi connectivity index (χ1v) is 15.5. The van der Waals surface area contributed by atoms with E-state index in [0.717, 1.165) is 36.0 Å². The van der Waals surface area contributed by atoms with Crippen LogP contribution in [0.15, 0.2) is 84.9 Å². The topological polar surface area (TPSA) is 118 Å². The van der Waals surface area contributed by atoms with Crippen LogP contribution in [0, 0.1) is 0 Å². The monoisotopic (exact) mass is 614 g/mol. The van der Waals surface area contributed by atoms with Gasteiger partial charge in [-0.1, -0.05) is 78.9 Å². The standard InChI is InChI=1S/C35H42N4O6/c1-39(28-18-19-28)35(42)45-23-27-22-44-29(21-36-27)20-17-24-11-9-10-16-30(24)37-33(40)32(38-34(41)43-2)31(25-12-5-3-6-13-25)26-14-7-4-8-15-26/h3-16,27-29,31-32,36H,17-23H2,1-2H3,(H,37,40)(H,38,41)/t27-,29+,32-/m0/s1. The SMILES string of the molecule is COC(=O)N[C@H](C(=O)Nc1ccccc1CC[C@@H]1CN[C@H](COC(=O)N(C)C2CC2)CO1)C(c1ccccc1)c1ccccc1. The molecule has 3 atom stereocenters. The maximum absolute atomic E-state index is 14.0. The van der Waals surface area contributed by atoms with Crippen molar-refractivity contribution in [3.05, 3.63) is 102 Å². The Labute approximate surface area is 264 Å². The van der Waals surface area contributed by atoms with Crippen LogP contribution in [0.2, 0.25) is 0 Å². The lowest BCUT2D eigenvalue weighted by molar-refractivity contribution is -0.118. The molecule has 1 heterocycles. The van der Waals surface area contributed by atoms with Gasteiger partial charge in [0, 0.05) is 31.2 Å². The van der Waals surface area contributed by atoms with E-state index in [1.165, 1.54) is 7.11 Å². The van der Waals surface area contributed by atoms with Crippen molar-refractivity contribution >= 4 is 23.8 Å². The second-order valence-corrected chi connectivity index (χ2v) is 11.6. The fraction of sp³-hybridized carbons (Fsp3) is 0.400. The molecule has 10 nitrogen and oxygen atoms in total. The molecule has 0 radical (unpaired) electrons. The number of hydrogen-bond donors (Lipinski definition) is 3. The Morgan fingerprint density at radius 1 is 0.956 bits per heavy atom. The molecule has 0 unspecified atom stereocenters. The molecule has 238 valence electrons. The van der Waals surface area contributed by atoms with Crippen molar-refractivity contribution in [2.24, 2.45) is 0 Å². The summed E-state index contributed by atoms with van der Waals surface area (Å²) in [6.45, 7) is 1.35. The summed E-state index contributed by atoms with van der Waals surface area (Å²) < 4.78 is 16.5. The largest absolute Gasteiger partial charge is 0.453 e. The molecule has 3 amide bonds. The zero-order chi connectivity index (χ0) is 31.6. The number of alkyl carbamates (subject to hydrolysis) is 1. The molecule has 1 aliphatic heterocycles. The summed E-state index contributed by atoms with van der Waals surface area (Å²) in [6, 6.07) is 26.3. The highest BCUT2D eigenvalue weighted by Gasteiger charge is 2.34. The van der Waals surface area contributed by atoms with Crippen molar-refractivity contribution < 1.29 is 28.6 Å². The molecule has 0 bridgehead atoms. The first kappa shape index (κ1) is 32.0. The van der Waals surface area contributed by atoms with Gasteiger partial charge in [0.2, 0.25) is 5.91 Å². The van der Waals surface area contributed by atoms with Crippen LogP contribution in [0.4, 0.5) is 15.3 Å². The number of methoxy groups -OCH3 is 1. The fourth-order valence-corrected chi connectivity index (χ4v) is 5.62. The van der Waals surface area contributed by atoms with E-state index in [1.807, 2.05) is 84.9 Å². The quantitative estimate of drug-likeness (QED) is 0.271. The van der Waals surface area contributed by atoms with Crippen LogP contribution in [0.1, 0.15) is 41.9 Å². The van der Waals surface area contributed by atoms with Crippen LogP contribution < -0.4 is 16.0 Å². The molecule has 2 aliphatic rings. The predicted molar refractivity (Wildman–Crippen MR) is 171 cm³/mol. The van der Waals surface area contributed by atoms with Gasteiger partial charge < -0.3 is 35.1 Å². The molecular formula is C35H42N4O6. The van der Waals surface area contributed by atoms with E-state index >= 15 is 0 Å². The van der Waals surface area contributed by atoms with Gasteiger partial charge in [-0.05, 0) is 48.4 Å². The van der Waals surface area contributed by atoms with Crippen LogP contribution >= 0.6 is 0 Å². The van der Waals surface area contributed by atoms with Gasteiger partial charge in [-0.15, -0.1) is 0 Å². The molecule has 0 spiro atoms. The molecule has 1 saturated heterocycles. The number of amides is 3. The number of benzene rings is 3. The van der Waals surface area contributed by atoms with Gasteiger partial charge in [-0.25, -0.2) is 9.59 Å². The van der Waals surface area contributed by atoms with E-state index in [9.17, 15) is 14.4 Å². The van der Waals surface area contributed by atoms with Crippen LogP contribution in [0.25, 0.3) is 0 Å². The molecule has 3 aromatic rings. The summed E-state index contributed by atoms with van der Waals surface area (Å²) in [6.07, 6.45) is 2.48. The summed E-state index contributed by atoms with van der Waals surface area (Å²) in [7, 11) is 3.06. The van der Waals surface area contributed by atoms with Gasteiger partial charge in [0.25, 0.3) is 0 Å². The molecule has 0 aromatic heterocycles. The van der Waals surface area contributed by atoms with Gasteiger partial charge in [0.05, 0.1) is 25.9 Å². The molecule has 2 fully saturated rings. The van der Waals surface area contributed by atoms with Gasteiger partial charge >= 0.3 is 12.2 Å². The van der Waals surface area contributed by atoms with Crippen LogP contribution in [-0.4, -0.2) is 81.1 Å². The lowest BCUT2D eigenvalue weighted by atomic mass is 9.84. The number of carbonyl (C=O) groups excluding carboxylic acids is 3. The highest BCUT2D eigenvalue weighted by molar-refractivity contribution is 5.98. The summed E-state index contributed by atoms with van der Waals surface area (Å²) in [5.74, 6) is -0.812. The maximum atomic E-state index is 14.0. The zero-order valence-electron chi connectivity index (χ0n) is 25.8. The van der Waals surface area contributed by atoms with E-state index in [2.05, 4.69) is 16.0 Å². The molecule has 5 rings (SSSR count). The molecule has 3 N–H and O–H groups in total. The number of anilines is 1. The highest BCUT2D eigenvalue weighted by Crippen LogP contribution is 2.30. The Kier molecular flexibility index (Phi) is 11.1. The van der Waals surface area contributed by atoms with Gasteiger partial charge in [-0.3, -0.25) is 4.79 Å². The fourth-order valence-electron chi connectivity index (χ4n) is 5.62. The van der Waals surface area contributed by atoms with E-state index in [-0.39, 0.29) is 30.8 Å². The molecule has 45 heavy (non-hydrogen) atoms. The number of nitrogens with one attached hydrogen (secondary N) is 3. The summed E-state index contributed by atoms with van der Waals surface area (Å²) in [4.78, 5) is 40.3. The molecular weight excluding hydrogens is 572 g/mol. The molecule has 10 heteroatoms. The van der Waals surface area contributed by atoms with Crippen LogP contribution in [0.5, 0.6) is 0 Å². The van der Waals surface area contributed by atoms with E-state index in [4.69, 9.17) is 14.2 Å². The lowest BCUT2D eigenvalue weighted by Gasteiger charge is -2.31. The van der Waals surface area contributed by atoms with Crippen molar-refractivity contribution in [2.75, 3.05) is 39.2 Å². The van der Waals surface area contributed by atoms with E-state index < -0.39 is 18.1 Å². The summed E-state index contributed by atoms with van der Waals surface area (Å²) in [5, 5.41) is 9.30. The Morgan fingerprint density at radius 2 is 1.60 bits per heavy atom. The van der Waals surface area contributed by atoms with Crippen molar-refractivity contribution in [3.63, 3.8) is 0 Å². The number of para-hydroxylation sites is 1. The minimum atomic E-state index is -0.948. The number of rotatable bonds is 12. The Balaban J connectivity index is 1.22. The maximum Gasteiger partial charge on any atom is 0.409 e. The summed E-state index contributed by atoms with van der Waals surface area (Å²) in [5.41, 5.74) is 3.41. The van der Waals surface area contributed by atoms with Crippen molar-refractivity contribution in [3.8, 4) is 0 Å². The molecule has 1 saturated carbocycles. The van der Waals surface area contributed by atoms with E-state index in [0.29, 0.717) is 31.3 Å². The minimum absolute atomic E-state index is 0.0240. The number of hydrogen-bond acceptors (Lipinski definition) is 7. The predicted octanol–water partition coefficient (Wildman–Crippen LogP) is 4.70. The second kappa shape index (κ2) is 15.5. The molecule has 1 aliphatic carbocycles. The normalized spacial score (nSPS) is 18.5. The number of ether oxygens (including phenoxy) is 3. The second-order valence-electron chi connectivity index (χ2n) is 11.6. The number of aryl methyl sites for hydroxylation is 1. The first-order chi connectivity index (χ1) is 21.9. The van der Waals surface area contributed by atoms with Crippen molar-refractivity contribution in [1.29, 1.82) is 0 Å². The van der Waals surface area contributed by atoms with Crippen molar-refractivity contribution in [2.45, 2.75) is 55.8 Å². The Bertz CT molecular complexity index is 1370. The third-order valence-corrected chi connectivity index (χ3v) is 8.36. The van der Waals surface area contributed by atoms with Gasteiger partial charge in [0.15, 0.2) is 0 Å². The first-order valence-electron chi connectivity index (χ1n) is 15.5. The number of nitrogens with zero attached hydrogens (tertiary/aromatic N) is 1. The van der Waals surface area contributed by atoms with Crippen molar-refractivity contribution in [1.82, 2.24) is 15.5 Å². The third-order valence-electron chi connectivity index (χ3n) is 8.36.